The van der Waals surface area contributed by atoms with Gasteiger partial charge in [0.1, 0.15) is 5.78 Å². The van der Waals surface area contributed by atoms with Gasteiger partial charge in [-0.2, -0.15) is 0 Å². The highest BCUT2D eigenvalue weighted by Gasteiger charge is 2.29. The molecule has 1 saturated heterocycles. The lowest BCUT2D eigenvalue weighted by Crippen LogP contribution is -2.23. The fourth-order valence-electron chi connectivity index (χ4n) is 1.47. The summed E-state index contributed by atoms with van der Waals surface area (Å²) in [6.07, 6.45) is 3.81. The van der Waals surface area contributed by atoms with Gasteiger partial charge in [0.15, 0.2) is 0 Å². The molecule has 0 radical (unpaired) electrons. The number of carbonyl (C=O) groups is 1. The molecule has 0 N–H and O–H groups in total. The maximum atomic E-state index is 10.7. The Morgan fingerprint density at radius 3 is 2.82 bits per heavy atom. The van der Waals surface area contributed by atoms with Crippen molar-refractivity contribution in [2.75, 3.05) is 6.61 Å². The standard InChI is InChI=1S/C9H16O2/c1-8(10)4-6-9(2)5-3-7-11-9/h3-7H2,1-2H3. The molecule has 0 amide bonds. The highest BCUT2D eigenvalue weighted by molar-refractivity contribution is 5.75. The van der Waals surface area contributed by atoms with Crippen molar-refractivity contribution in [1.29, 1.82) is 0 Å². The smallest absolute Gasteiger partial charge is 0.129 e. The Bertz CT molecular complexity index is 146. The molecule has 1 fully saturated rings. The van der Waals surface area contributed by atoms with Crippen LogP contribution in [0.25, 0.3) is 0 Å². The predicted octanol–water partition coefficient (Wildman–Crippen LogP) is 1.92. The molecule has 1 aliphatic rings. The minimum absolute atomic E-state index is 0.00562. The van der Waals surface area contributed by atoms with Gasteiger partial charge in [-0.05, 0) is 33.1 Å². The van der Waals surface area contributed by atoms with Crippen LogP contribution in [0, 0.1) is 0 Å². The van der Waals surface area contributed by atoms with Crippen LogP contribution in [-0.4, -0.2) is 18.0 Å². The number of carbonyl (C=O) groups excluding carboxylic acids is 1. The Labute approximate surface area is 67.9 Å². The SMILES string of the molecule is CC(=O)CCC1(C)CCCO1. The second-order valence-electron chi connectivity index (χ2n) is 3.60. The van der Waals surface area contributed by atoms with Gasteiger partial charge in [0.05, 0.1) is 5.60 Å². The summed E-state index contributed by atoms with van der Waals surface area (Å²) >= 11 is 0. The molecule has 0 bridgehead atoms. The first-order valence-corrected chi connectivity index (χ1v) is 4.26. The number of Topliss-reactive ketones (excluding diaryl/α,β-unsaturated/α-hetero) is 1. The average Bonchev–Trinajstić information content (AvgIpc) is 2.33. The van der Waals surface area contributed by atoms with Gasteiger partial charge in [-0.1, -0.05) is 0 Å². The summed E-state index contributed by atoms with van der Waals surface area (Å²) in [4.78, 5) is 10.7. The van der Waals surface area contributed by atoms with Gasteiger partial charge >= 0.3 is 0 Å². The highest BCUT2D eigenvalue weighted by Crippen LogP contribution is 2.29. The van der Waals surface area contributed by atoms with E-state index in [1.165, 1.54) is 0 Å². The summed E-state index contributed by atoms with van der Waals surface area (Å²) in [5, 5.41) is 0. The zero-order valence-electron chi connectivity index (χ0n) is 7.35. The van der Waals surface area contributed by atoms with E-state index < -0.39 is 0 Å². The van der Waals surface area contributed by atoms with Crippen molar-refractivity contribution in [2.45, 2.75) is 45.1 Å². The molecule has 0 aromatic heterocycles. The first kappa shape index (κ1) is 8.72. The Hall–Kier alpha value is -0.370. The minimum atomic E-state index is 0.00562. The minimum Gasteiger partial charge on any atom is -0.375 e. The third-order valence-corrected chi connectivity index (χ3v) is 2.31. The summed E-state index contributed by atoms with van der Waals surface area (Å²) < 4.78 is 5.54. The average molecular weight is 156 g/mol. The maximum Gasteiger partial charge on any atom is 0.129 e. The van der Waals surface area contributed by atoms with Gasteiger partial charge in [-0.15, -0.1) is 0 Å². The summed E-state index contributed by atoms with van der Waals surface area (Å²) in [5.41, 5.74) is 0.00562. The van der Waals surface area contributed by atoms with Crippen molar-refractivity contribution < 1.29 is 9.53 Å². The molecule has 1 aliphatic heterocycles. The zero-order valence-corrected chi connectivity index (χ0v) is 7.35. The van der Waals surface area contributed by atoms with Crippen LogP contribution in [0.5, 0.6) is 0 Å². The fourth-order valence-corrected chi connectivity index (χ4v) is 1.47. The van der Waals surface area contributed by atoms with E-state index >= 15 is 0 Å². The quantitative estimate of drug-likeness (QED) is 0.624. The summed E-state index contributed by atoms with van der Waals surface area (Å²) in [5.74, 6) is 0.265. The first-order chi connectivity index (χ1) is 5.12. The topological polar surface area (TPSA) is 26.3 Å². The van der Waals surface area contributed by atoms with E-state index in [9.17, 15) is 4.79 Å². The molecule has 2 nitrogen and oxygen atoms in total. The number of ketones is 1. The molecule has 1 unspecified atom stereocenters. The lowest BCUT2D eigenvalue weighted by molar-refractivity contribution is -0.118. The van der Waals surface area contributed by atoms with E-state index in [4.69, 9.17) is 4.74 Å². The van der Waals surface area contributed by atoms with Crippen LogP contribution in [0.15, 0.2) is 0 Å². The monoisotopic (exact) mass is 156 g/mol. The Morgan fingerprint density at radius 2 is 2.36 bits per heavy atom. The predicted molar refractivity (Wildman–Crippen MR) is 43.5 cm³/mol. The van der Waals surface area contributed by atoms with Crippen LogP contribution < -0.4 is 0 Å². The molecule has 1 heterocycles. The normalized spacial score (nSPS) is 30.7. The second-order valence-corrected chi connectivity index (χ2v) is 3.60. The van der Waals surface area contributed by atoms with Crippen LogP contribution in [0.1, 0.15) is 39.5 Å². The zero-order chi connectivity index (χ0) is 8.32. The highest BCUT2D eigenvalue weighted by atomic mass is 16.5. The van der Waals surface area contributed by atoms with E-state index in [0.29, 0.717) is 6.42 Å². The Balaban J connectivity index is 2.28. The summed E-state index contributed by atoms with van der Waals surface area (Å²) in [6.45, 7) is 4.61. The van der Waals surface area contributed by atoms with Gasteiger partial charge in [0, 0.05) is 13.0 Å². The summed E-state index contributed by atoms with van der Waals surface area (Å²) in [6, 6.07) is 0. The molecule has 11 heavy (non-hydrogen) atoms. The number of ether oxygens (including phenoxy) is 1. The molecule has 1 rings (SSSR count). The van der Waals surface area contributed by atoms with Gasteiger partial charge in [0.25, 0.3) is 0 Å². The van der Waals surface area contributed by atoms with E-state index in [0.717, 1.165) is 25.9 Å². The lowest BCUT2D eigenvalue weighted by atomic mass is 9.96. The molecular weight excluding hydrogens is 140 g/mol. The molecule has 0 saturated carbocycles. The third kappa shape index (κ3) is 2.62. The molecule has 0 aromatic carbocycles. The largest absolute Gasteiger partial charge is 0.375 e. The van der Waals surface area contributed by atoms with Gasteiger partial charge in [-0.3, -0.25) is 0 Å². The summed E-state index contributed by atoms with van der Waals surface area (Å²) in [7, 11) is 0. The van der Waals surface area contributed by atoms with Gasteiger partial charge in [0.2, 0.25) is 0 Å². The van der Waals surface area contributed by atoms with Crippen LogP contribution in [0.2, 0.25) is 0 Å². The molecule has 0 aromatic rings. The molecule has 1 atom stereocenters. The Morgan fingerprint density at radius 1 is 1.64 bits per heavy atom. The molecule has 0 spiro atoms. The van der Waals surface area contributed by atoms with Crippen molar-refractivity contribution in [3.63, 3.8) is 0 Å². The van der Waals surface area contributed by atoms with Gasteiger partial charge < -0.3 is 9.53 Å². The van der Waals surface area contributed by atoms with Crippen LogP contribution in [-0.2, 0) is 9.53 Å². The van der Waals surface area contributed by atoms with E-state index in [2.05, 4.69) is 6.92 Å². The third-order valence-electron chi connectivity index (χ3n) is 2.31. The van der Waals surface area contributed by atoms with Gasteiger partial charge in [-0.25, -0.2) is 0 Å². The van der Waals surface area contributed by atoms with Crippen molar-refractivity contribution in [2.24, 2.45) is 0 Å². The van der Waals surface area contributed by atoms with Crippen molar-refractivity contribution in [3.05, 3.63) is 0 Å². The van der Waals surface area contributed by atoms with E-state index in [1.54, 1.807) is 6.92 Å². The van der Waals surface area contributed by atoms with Crippen LogP contribution in [0.3, 0.4) is 0 Å². The number of rotatable bonds is 3. The lowest BCUT2D eigenvalue weighted by Gasteiger charge is -2.21. The second kappa shape index (κ2) is 3.35. The fraction of sp³-hybridized carbons (Fsp3) is 0.889. The molecule has 0 aliphatic carbocycles. The number of hydrogen-bond acceptors (Lipinski definition) is 2. The Kier molecular flexibility index (Phi) is 2.66. The molecule has 2 heteroatoms. The molecular formula is C9H16O2. The van der Waals surface area contributed by atoms with Crippen LogP contribution in [0.4, 0.5) is 0 Å². The molecule has 64 valence electrons. The van der Waals surface area contributed by atoms with E-state index in [-0.39, 0.29) is 11.4 Å². The van der Waals surface area contributed by atoms with Crippen molar-refractivity contribution in [1.82, 2.24) is 0 Å². The van der Waals surface area contributed by atoms with Crippen molar-refractivity contribution in [3.8, 4) is 0 Å². The maximum absolute atomic E-state index is 10.7. The first-order valence-electron chi connectivity index (χ1n) is 4.26. The van der Waals surface area contributed by atoms with Crippen LogP contribution >= 0.6 is 0 Å². The number of hydrogen-bond donors (Lipinski definition) is 0. The van der Waals surface area contributed by atoms with Crippen molar-refractivity contribution >= 4 is 5.78 Å². The van der Waals surface area contributed by atoms with E-state index in [1.807, 2.05) is 0 Å².